The Kier molecular flexibility index (Phi) is 6.95. The minimum atomic E-state index is -3.15. The number of sulfone groups is 1. The van der Waals surface area contributed by atoms with Crippen molar-refractivity contribution in [3.05, 3.63) is 30.3 Å². The van der Waals surface area contributed by atoms with E-state index in [1.54, 1.807) is 24.3 Å². The van der Waals surface area contributed by atoms with Crippen molar-refractivity contribution in [1.82, 2.24) is 10.2 Å². The minimum absolute atomic E-state index is 0. The number of halogens is 1. The van der Waals surface area contributed by atoms with Gasteiger partial charge in [0.25, 0.3) is 0 Å². The molecule has 2 rings (SSSR count). The molecule has 0 aliphatic carbocycles. The molecule has 0 aromatic heterocycles. The molecule has 0 amide bonds. The molecule has 1 unspecified atom stereocenters. The van der Waals surface area contributed by atoms with Crippen LogP contribution in [0, 0.1) is 0 Å². The van der Waals surface area contributed by atoms with Crippen molar-refractivity contribution in [2.75, 3.05) is 32.4 Å². The van der Waals surface area contributed by atoms with Crippen LogP contribution < -0.4 is 5.32 Å². The van der Waals surface area contributed by atoms with Gasteiger partial charge in [-0.25, -0.2) is 8.42 Å². The summed E-state index contributed by atoms with van der Waals surface area (Å²) in [7, 11) is -1.18. The number of likely N-dealkylation sites (N-methyl/N-ethyl adjacent to an activating group) is 1. The fraction of sp³-hybridized carbons (Fsp3) is 0.571. The van der Waals surface area contributed by atoms with E-state index in [2.05, 4.69) is 10.2 Å². The number of nitrogens with zero attached hydrogens (tertiary/aromatic N) is 1. The van der Waals surface area contributed by atoms with Crippen LogP contribution in [-0.4, -0.2) is 51.8 Å². The number of hydrogen-bond acceptors (Lipinski definition) is 4. The quantitative estimate of drug-likeness (QED) is 0.895. The maximum absolute atomic E-state index is 12.2. The van der Waals surface area contributed by atoms with E-state index in [9.17, 15) is 8.42 Å². The van der Waals surface area contributed by atoms with Crippen molar-refractivity contribution in [3.8, 4) is 0 Å². The second-order valence-corrected chi connectivity index (χ2v) is 7.17. The van der Waals surface area contributed by atoms with Gasteiger partial charge in [0.15, 0.2) is 9.84 Å². The topological polar surface area (TPSA) is 49.4 Å². The first kappa shape index (κ1) is 17.4. The highest BCUT2D eigenvalue weighted by Crippen LogP contribution is 2.13. The number of rotatable bonds is 5. The predicted molar refractivity (Wildman–Crippen MR) is 84.3 cm³/mol. The highest BCUT2D eigenvalue weighted by molar-refractivity contribution is 7.91. The van der Waals surface area contributed by atoms with Crippen LogP contribution in [0.4, 0.5) is 0 Å². The molecule has 1 atom stereocenters. The summed E-state index contributed by atoms with van der Waals surface area (Å²) in [5, 5.41) is 3.27. The van der Waals surface area contributed by atoms with Gasteiger partial charge >= 0.3 is 0 Å². The highest BCUT2D eigenvalue weighted by atomic mass is 35.5. The van der Waals surface area contributed by atoms with E-state index in [1.165, 1.54) is 6.42 Å². The standard InChI is InChI=1S/C14H22N2O2S.ClH/c1-15-13-6-5-9-16(12-13)10-11-19(17,18)14-7-3-2-4-8-14;/h2-4,7-8,13,15H,5-6,9-12H2,1H3;1H. The van der Waals surface area contributed by atoms with Gasteiger partial charge in [0.1, 0.15) is 0 Å². The third-order valence-corrected chi connectivity index (χ3v) is 5.40. The molecule has 1 N–H and O–H groups in total. The summed E-state index contributed by atoms with van der Waals surface area (Å²) >= 11 is 0. The number of likely N-dealkylation sites (tertiary alicyclic amines) is 1. The maximum Gasteiger partial charge on any atom is 0.179 e. The Bertz CT molecular complexity index is 493. The van der Waals surface area contributed by atoms with E-state index in [0.29, 0.717) is 17.5 Å². The molecule has 114 valence electrons. The highest BCUT2D eigenvalue weighted by Gasteiger charge is 2.21. The van der Waals surface area contributed by atoms with Gasteiger partial charge in [-0.1, -0.05) is 18.2 Å². The van der Waals surface area contributed by atoms with Gasteiger partial charge in [-0.2, -0.15) is 0 Å². The molecule has 6 heteroatoms. The Morgan fingerprint density at radius 2 is 2.00 bits per heavy atom. The molecule has 1 heterocycles. The Morgan fingerprint density at radius 1 is 1.30 bits per heavy atom. The molecule has 0 saturated carbocycles. The van der Waals surface area contributed by atoms with Crippen LogP contribution in [0.25, 0.3) is 0 Å². The molecule has 0 bridgehead atoms. The Balaban J connectivity index is 0.00000200. The average molecular weight is 319 g/mol. The molecule has 1 fully saturated rings. The summed E-state index contributed by atoms with van der Waals surface area (Å²) in [4.78, 5) is 2.67. The zero-order valence-electron chi connectivity index (χ0n) is 11.8. The molecule has 20 heavy (non-hydrogen) atoms. The number of benzene rings is 1. The largest absolute Gasteiger partial charge is 0.316 e. The molecule has 1 aromatic carbocycles. The first-order valence-electron chi connectivity index (χ1n) is 6.79. The zero-order valence-corrected chi connectivity index (χ0v) is 13.4. The summed E-state index contributed by atoms with van der Waals surface area (Å²) < 4.78 is 24.4. The second kappa shape index (κ2) is 7.98. The molecule has 1 saturated heterocycles. The Morgan fingerprint density at radius 3 is 2.65 bits per heavy atom. The van der Waals surface area contributed by atoms with Gasteiger partial charge in [-0.3, -0.25) is 0 Å². The summed E-state index contributed by atoms with van der Waals surface area (Å²) in [5.41, 5.74) is 0. The molecular formula is C14H23ClN2O2S. The SMILES string of the molecule is CNC1CCCN(CCS(=O)(=O)c2ccccc2)C1.Cl. The van der Waals surface area contributed by atoms with Crippen molar-refractivity contribution >= 4 is 22.2 Å². The van der Waals surface area contributed by atoms with Gasteiger partial charge in [-0.15, -0.1) is 12.4 Å². The maximum atomic E-state index is 12.2. The summed E-state index contributed by atoms with van der Waals surface area (Å²) in [6.07, 6.45) is 2.31. The molecule has 1 aliphatic rings. The lowest BCUT2D eigenvalue weighted by molar-refractivity contribution is 0.205. The van der Waals surface area contributed by atoms with Crippen molar-refractivity contribution in [2.24, 2.45) is 0 Å². The Labute approximate surface area is 127 Å². The van der Waals surface area contributed by atoms with E-state index < -0.39 is 9.84 Å². The van der Waals surface area contributed by atoms with E-state index in [0.717, 1.165) is 19.5 Å². The third kappa shape index (κ3) is 4.74. The van der Waals surface area contributed by atoms with Gasteiger partial charge in [0.2, 0.25) is 0 Å². The van der Waals surface area contributed by atoms with E-state index in [4.69, 9.17) is 0 Å². The van der Waals surface area contributed by atoms with Crippen LogP contribution in [0.15, 0.2) is 35.2 Å². The first-order chi connectivity index (χ1) is 9.12. The fourth-order valence-electron chi connectivity index (χ4n) is 2.49. The number of nitrogens with one attached hydrogen (secondary N) is 1. The smallest absolute Gasteiger partial charge is 0.179 e. The van der Waals surface area contributed by atoms with Crippen LogP contribution in [0.5, 0.6) is 0 Å². The van der Waals surface area contributed by atoms with E-state index in [-0.39, 0.29) is 18.2 Å². The lowest BCUT2D eigenvalue weighted by Crippen LogP contribution is -2.45. The van der Waals surface area contributed by atoms with Crippen molar-refractivity contribution in [1.29, 1.82) is 0 Å². The minimum Gasteiger partial charge on any atom is -0.316 e. The lowest BCUT2D eigenvalue weighted by atomic mass is 10.1. The molecular weight excluding hydrogens is 296 g/mol. The number of piperidine rings is 1. The van der Waals surface area contributed by atoms with Crippen LogP contribution in [-0.2, 0) is 9.84 Å². The van der Waals surface area contributed by atoms with Crippen LogP contribution in [0.3, 0.4) is 0 Å². The summed E-state index contributed by atoms with van der Waals surface area (Å²) in [5.74, 6) is 0.202. The molecule has 0 spiro atoms. The first-order valence-corrected chi connectivity index (χ1v) is 8.44. The third-order valence-electron chi connectivity index (χ3n) is 3.69. The van der Waals surface area contributed by atoms with Gasteiger partial charge in [0, 0.05) is 19.1 Å². The van der Waals surface area contributed by atoms with Crippen LogP contribution in [0.2, 0.25) is 0 Å². The molecule has 0 radical (unpaired) electrons. The van der Waals surface area contributed by atoms with Crippen LogP contribution >= 0.6 is 12.4 Å². The van der Waals surface area contributed by atoms with E-state index in [1.807, 2.05) is 13.1 Å². The van der Waals surface area contributed by atoms with Gasteiger partial charge in [0.05, 0.1) is 10.6 Å². The molecule has 1 aliphatic heterocycles. The van der Waals surface area contributed by atoms with Gasteiger partial charge < -0.3 is 10.2 Å². The van der Waals surface area contributed by atoms with Crippen molar-refractivity contribution < 1.29 is 8.42 Å². The zero-order chi connectivity index (χ0) is 13.7. The predicted octanol–water partition coefficient (Wildman–Crippen LogP) is 1.57. The van der Waals surface area contributed by atoms with Gasteiger partial charge in [-0.05, 0) is 38.6 Å². The molecule has 1 aromatic rings. The monoisotopic (exact) mass is 318 g/mol. The lowest BCUT2D eigenvalue weighted by Gasteiger charge is -2.32. The fourth-order valence-corrected chi connectivity index (χ4v) is 3.80. The van der Waals surface area contributed by atoms with E-state index >= 15 is 0 Å². The summed E-state index contributed by atoms with van der Waals surface area (Å²) in [6.45, 7) is 2.57. The van der Waals surface area contributed by atoms with Crippen molar-refractivity contribution in [3.63, 3.8) is 0 Å². The number of hydrogen-bond donors (Lipinski definition) is 1. The second-order valence-electron chi connectivity index (χ2n) is 5.06. The average Bonchev–Trinajstić information content (AvgIpc) is 2.46. The van der Waals surface area contributed by atoms with Crippen molar-refractivity contribution in [2.45, 2.75) is 23.8 Å². The Hall–Kier alpha value is -0.620. The van der Waals surface area contributed by atoms with Crippen LogP contribution in [0.1, 0.15) is 12.8 Å². The molecule has 4 nitrogen and oxygen atoms in total. The summed E-state index contributed by atoms with van der Waals surface area (Å²) in [6, 6.07) is 9.20. The normalized spacial score (nSPS) is 20.4.